The molecule has 0 aromatic heterocycles. The second-order valence-electron chi connectivity index (χ2n) is 4.19. The van der Waals surface area contributed by atoms with Crippen LogP contribution in [-0.4, -0.2) is 42.5 Å². The molecule has 0 aliphatic carbocycles. The monoisotopic (exact) mass is 219 g/mol. The summed E-state index contributed by atoms with van der Waals surface area (Å²) in [6.45, 7) is 2.43. The lowest BCUT2D eigenvalue weighted by atomic mass is 10.1. The molecule has 0 unspecified atom stereocenters. The van der Waals surface area contributed by atoms with Gasteiger partial charge in [0.1, 0.15) is 0 Å². The summed E-state index contributed by atoms with van der Waals surface area (Å²) >= 11 is 0. The number of nitrogen functional groups attached to an aromatic ring is 1. The average Bonchev–Trinajstić information content (AvgIpc) is 2.57. The van der Waals surface area contributed by atoms with Crippen molar-refractivity contribution in [1.29, 1.82) is 0 Å². The van der Waals surface area contributed by atoms with Crippen LogP contribution in [0.4, 0.5) is 10.5 Å². The smallest absolute Gasteiger partial charge is 0.319 e. The van der Waals surface area contributed by atoms with Crippen molar-refractivity contribution < 1.29 is 4.79 Å². The first-order chi connectivity index (χ1) is 7.66. The first kappa shape index (κ1) is 10.8. The van der Waals surface area contributed by atoms with Gasteiger partial charge in [-0.05, 0) is 24.1 Å². The Morgan fingerprint density at radius 3 is 2.81 bits per heavy atom. The summed E-state index contributed by atoms with van der Waals surface area (Å²) in [5.41, 5.74) is 7.67. The highest BCUT2D eigenvalue weighted by Crippen LogP contribution is 2.10. The highest BCUT2D eigenvalue weighted by Gasteiger charge is 2.24. The molecular weight excluding hydrogens is 202 g/mol. The summed E-state index contributed by atoms with van der Waals surface area (Å²) in [6, 6.07) is 7.95. The molecule has 16 heavy (non-hydrogen) atoms. The van der Waals surface area contributed by atoms with E-state index in [1.165, 1.54) is 5.56 Å². The molecule has 0 bridgehead atoms. The van der Waals surface area contributed by atoms with Crippen molar-refractivity contribution in [1.82, 2.24) is 9.80 Å². The number of nitrogens with zero attached hydrogens (tertiary/aromatic N) is 2. The lowest BCUT2D eigenvalue weighted by Gasteiger charge is -2.15. The van der Waals surface area contributed by atoms with E-state index in [9.17, 15) is 4.79 Å². The summed E-state index contributed by atoms with van der Waals surface area (Å²) in [5, 5.41) is 0. The molecule has 0 saturated carbocycles. The minimum atomic E-state index is 0.129. The molecule has 2 N–H and O–H groups in total. The summed E-state index contributed by atoms with van der Waals surface area (Å²) in [5.74, 6) is 0. The molecule has 2 rings (SSSR count). The minimum absolute atomic E-state index is 0.129. The topological polar surface area (TPSA) is 49.6 Å². The van der Waals surface area contributed by atoms with Crippen LogP contribution in [0.15, 0.2) is 24.3 Å². The first-order valence-electron chi connectivity index (χ1n) is 5.51. The van der Waals surface area contributed by atoms with E-state index in [4.69, 9.17) is 5.73 Å². The zero-order valence-corrected chi connectivity index (χ0v) is 9.52. The molecular formula is C12H17N3O. The Hall–Kier alpha value is -1.71. The number of hydrogen-bond acceptors (Lipinski definition) is 2. The average molecular weight is 219 g/mol. The van der Waals surface area contributed by atoms with Gasteiger partial charge in [-0.2, -0.15) is 0 Å². The van der Waals surface area contributed by atoms with Crippen LogP contribution in [0, 0.1) is 0 Å². The number of likely N-dealkylation sites (N-methyl/N-ethyl adjacent to an activating group) is 1. The number of urea groups is 1. The van der Waals surface area contributed by atoms with Gasteiger partial charge in [0, 0.05) is 32.4 Å². The Kier molecular flexibility index (Phi) is 2.99. The van der Waals surface area contributed by atoms with Crippen LogP contribution < -0.4 is 5.73 Å². The fraction of sp³-hybridized carbons (Fsp3) is 0.417. The molecule has 4 nitrogen and oxygen atoms in total. The molecule has 1 aliphatic rings. The summed E-state index contributed by atoms with van der Waals surface area (Å²) in [4.78, 5) is 15.2. The molecule has 1 aliphatic heterocycles. The molecule has 1 fully saturated rings. The number of anilines is 1. The predicted molar refractivity (Wildman–Crippen MR) is 64.2 cm³/mol. The van der Waals surface area contributed by atoms with Crippen LogP contribution in [0.2, 0.25) is 0 Å². The van der Waals surface area contributed by atoms with Gasteiger partial charge in [-0.15, -0.1) is 0 Å². The van der Waals surface area contributed by atoms with Gasteiger partial charge >= 0.3 is 6.03 Å². The normalized spacial score (nSPS) is 15.9. The molecule has 4 heteroatoms. The zero-order valence-electron chi connectivity index (χ0n) is 9.52. The van der Waals surface area contributed by atoms with Crippen LogP contribution >= 0.6 is 0 Å². The Bertz CT molecular complexity index is 392. The van der Waals surface area contributed by atoms with Crippen molar-refractivity contribution in [2.45, 2.75) is 6.42 Å². The van der Waals surface area contributed by atoms with E-state index in [1.807, 2.05) is 36.2 Å². The van der Waals surface area contributed by atoms with Gasteiger partial charge in [0.05, 0.1) is 0 Å². The standard InChI is InChI=1S/C12H17N3O/c1-14-7-8-15(12(14)16)6-5-10-3-2-4-11(13)9-10/h2-4,9H,5-8,13H2,1H3. The van der Waals surface area contributed by atoms with Gasteiger partial charge in [-0.3, -0.25) is 0 Å². The molecule has 0 spiro atoms. The van der Waals surface area contributed by atoms with E-state index >= 15 is 0 Å². The van der Waals surface area contributed by atoms with Crippen LogP contribution in [0.1, 0.15) is 5.56 Å². The van der Waals surface area contributed by atoms with E-state index in [2.05, 4.69) is 0 Å². The van der Waals surface area contributed by atoms with E-state index in [0.29, 0.717) is 0 Å². The van der Waals surface area contributed by atoms with Crippen molar-refractivity contribution in [3.05, 3.63) is 29.8 Å². The number of carbonyl (C=O) groups is 1. The third-order valence-corrected chi connectivity index (χ3v) is 2.92. The maximum Gasteiger partial charge on any atom is 0.319 e. The fourth-order valence-electron chi connectivity index (χ4n) is 1.92. The summed E-state index contributed by atoms with van der Waals surface area (Å²) in [6.07, 6.45) is 0.866. The van der Waals surface area contributed by atoms with Crippen LogP contribution in [0.25, 0.3) is 0 Å². The number of rotatable bonds is 3. The van der Waals surface area contributed by atoms with Crippen LogP contribution in [-0.2, 0) is 6.42 Å². The predicted octanol–water partition coefficient (Wildman–Crippen LogP) is 1.18. The SMILES string of the molecule is CN1CCN(CCc2cccc(N)c2)C1=O. The lowest BCUT2D eigenvalue weighted by Crippen LogP contribution is -2.31. The summed E-state index contributed by atoms with van der Waals surface area (Å²) in [7, 11) is 1.84. The van der Waals surface area contributed by atoms with Crippen LogP contribution in [0.3, 0.4) is 0 Å². The lowest BCUT2D eigenvalue weighted by molar-refractivity contribution is 0.199. The van der Waals surface area contributed by atoms with E-state index in [-0.39, 0.29) is 6.03 Å². The largest absolute Gasteiger partial charge is 0.399 e. The third-order valence-electron chi connectivity index (χ3n) is 2.92. The number of nitrogens with two attached hydrogens (primary N) is 1. The second-order valence-corrected chi connectivity index (χ2v) is 4.19. The fourth-order valence-corrected chi connectivity index (χ4v) is 1.92. The number of amides is 2. The Labute approximate surface area is 95.6 Å². The quantitative estimate of drug-likeness (QED) is 0.776. The Morgan fingerprint density at radius 2 is 2.19 bits per heavy atom. The Balaban J connectivity index is 1.90. The van der Waals surface area contributed by atoms with Crippen molar-refractivity contribution in [3.8, 4) is 0 Å². The molecule has 0 radical (unpaired) electrons. The van der Waals surface area contributed by atoms with Crippen molar-refractivity contribution in [2.75, 3.05) is 32.4 Å². The summed E-state index contributed by atoms with van der Waals surface area (Å²) < 4.78 is 0. The molecule has 1 aromatic rings. The number of carbonyl (C=O) groups excluding carboxylic acids is 1. The van der Waals surface area contributed by atoms with Gasteiger partial charge in [0.15, 0.2) is 0 Å². The Morgan fingerprint density at radius 1 is 1.38 bits per heavy atom. The molecule has 86 valence electrons. The molecule has 0 atom stereocenters. The van der Waals surface area contributed by atoms with Gasteiger partial charge in [-0.1, -0.05) is 12.1 Å². The molecule has 1 saturated heterocycles. The van der Waals surface area contributed by atoms with E-state index in [0.717, 1.165) is 31.7 Å². The van der Waals surface area contributed by atoms with Crippen molar-refractivity contribution in [2.24, 2.45) is 0 Å². The zero-order chi connectivity index (χ0) is 11.5. The van der Waals surface area contributed by atoms with Crippen molar-refractivity contribution >= 4 is 11.7 Å². The minimum Gasteiger partial charge on any atom is -0.399 e. The number of hydrogen-bond donors (Lipinski definition) is 1. The van der Waals surface area contributed by atoms with Gasteiger partial charge in [0.2, 0.25) is 0 Å². The molecule has 1 heterocycles. The van der Waals surface area contributed by atoms with Crippen molar-refractivity contribution in [3.63, 3.8) is 0 Å². The molecule has 1 aromatic carbocycles. The third kappa shape index (κ3) is 2.27. The van der Waals surface area contributed by atoms with E-state index in [1.54, 1.807) is 4.90 Å². The number of benzene rings is 1. The maximum absolute atomic E-state index is 11.6. The van der Waals surface area contributed by atoms with Gasteiger partial charge in [0.25, 0.3) is 0 Å². The molecule has 2 amide bonds. The van der Waals surface area contributed by atoms with Gasteiger partial charge in [-0.25, -0.2) is 4.79 Å². The highest BCUT2D eigenvalue weighted by atomic mass is 16.2. The van der Waals surface area contributed by atoms with Crippen LogP contribution in [0.5, 0.6) is 0 Å². The first-order valence-corrected chi connectivity index (χ1v) is 5.51. The highest BCUT2D eigenvalue weighted by molar-refractivity contribution is 5.76. The second kappa shape index (κ2) is 4.43. The van der Waals surface area contributed by atoms with Gasteiger partial charge < -0.3 is 15.5 Å². The maximum atomic E-state index is 11.6. The van der Waals surface area contributed by atoms with E-state index < -0.39 is 0 Å².